The number of nitrogens with zero attached hydrogens (tertiary/aromatic N) is 2. The summed E-state index contributed by atoms with van der Waals surface area (Å²) in [5, 5.41) is 4.16. The van der Waals surface area contributed by atoms with E-state index in [-0.39, 0.29) is 10.8 Å². The van der Waals surface area contributed by atoms with Gasteiger partial charge in [0.2, 0.25) is 10.0 Å². The molecule has 39 heavy (non-hydrogen) atoms. The molecule has 4 fully saturated rings. The molecule has 0 radical (unpaired) electrons. The summed E-state index contributed by atoms with van der Waals surface area (Å²) in [7, 11) is -3.77. The van der Waals surface area contributed by atoms with E-state index in [1.165, 1.54) is 25.7 Å². The Balaban J connectivity index is 1.20. The molecular weight excluding hydrogens is 512 g/mol. The fourth-order valence-corrected chi connectivity index (χ4v) is 7.54. The lowest BCUT2D eigenvalue weighted by atomic mass is 9.93. The predicted molar refractivity (Wildman–Crippen MR) is 152 cm³/mol. The normalized spacial score (nSPS) is 21.6. The van der Waals surface area contributed by atoms with E-state index in [2.05, 4.69) is 37.8 Å². The molecule has 3 aromatic rings. The highest BCUT2D eigenvalue weighted by molar-refractivity contribution is 7.89. The summed E-state index contributed by atoms with van der Waals surface area (Å²) in [5.41, 5.74) is 2.92. The van der Waals surface area contributed by atoms with Crippen LogP contribution in [0.25, 0.3) is 10.9 Å². The molecule has 2 saturated carbocycles. The van der Waals surface area contributed by atoms with Crippen molar-refractivity contribution in [2.24, 2.45) is 11.3 Å². The van der Waals surface area contributed by atoms with Crippen LogP contribution < -0.4 is 14.9 Å². The van der Waals surface area contributed by atoms with E-state index in [9.17, 15) is 13.2 Å². The minimum absolute atomic E-state index is 0.174. The topological polar surface area (TPSA) is 92.7 Å². The van der Waals surface area contributed by atoms with E-state index < -0.39 is 15.6 Å². The van der Waals surface area contributed by atoms with Crippen LogP contribution in [0.15, 0.2) is 53.6 Å². The van der Waals surface area contributed by atoms with Crippen LogP contribution >= 0.6 is 0 Å². The number of sulfonamides is 1. The first-order valence-electron chi connectivity index (χ1n) is 14.1. The third kappa shape index (κ3) is 4.85. The maximum Gasteiger partial charge on any atom is 0.257 e. The van der Waals surface area contributed by atoms with Gasteiger partial charge in [-0.15, -0.1) is 0 Å². The van der Waals surface area contributed by atoms with Crippen molar-refractivity contribution in [3.8, 4) is 0 Å². The predicted octanol–water partition coefficient (Wildman–Crippen LogP) is 4.75. The molecule has 1 amide bonds. The lowest BCUT2D eigenvalue weighted by molar-refractivity contribution is -0.0523. The molecule has 2 saturated heterocycles. The summed E-state index contributed by atoms with van der Waals surface area (Å²) in [4.78, 5) is 16.1. The van der Waals surface area contributed by atoms with Crippen LogP contribution in [0.4, 0.5) is 11.4 Å². The molecule has 7 rings (SSSR count). The molecule has 9 heteroatoms. The van der Waals surface area contributed by atoms with Crippen LogP contribution in [0.3, 0.4) is 0 Å². The van der Waals surface area contributed by atoms with Crippen molar-refractivity contribution in [3.05, 3.63) is 54.2 Å². The smallest absolute Gasteiger partial charge is 0.257 e. The molecule has 2 aromatic carbocycles. The van der Waals surface area contributed by atoms with E-state index in [0.717, 1.165) is 55.0 Å². The maximum atomic E-state index is 13.8. The minimum atomic E-state index is -3.77. The second kappa shape index (κ2) is 9.08. The SMILES string of the molecule is CC1(NS(=O)(=O)c2ccc(C(=O)Nc3cccc4c3ccn4CC3CC3)c(N3CCC4(CC3)CC4)c2)COC1. The van der Waals surface area contributed by atoms with Crippen LogP contribution in [0, 0.1) is 11.3 Å². The van der Waals surface area contributed by atoms with Gasteiger partial charge < -0.3 is 19.5 Å². The number of anilines is 2. The summed E-state index contributed by atoms with van der Waals surface area (Å²) in [6, 6.07) is 13.0. The number of piperidine rings is 1. The van der Waals surface area contributed by atoms with Gasteiger partial charge in [-0.3, -0.25) is 4.79 Å². The van der Waals surface area contributed by atoms with Gasteiger partial charge in [0.05, 0.1) is 46.1 Å². The van der Waals surface area contributed by atoms with Crippen molar-refractivity contribution in [1.29, 1.82) is 0 Å². The zero-order valence-corrected chi connectivity index (χ0v) is 23.2. The quantitative estimate of drug-likeness (QED) is 0.424. The lowest BCUT2D eigenvalue weighted by Crippen LogP contribution is -2.59. The Morgan fingerprint density at radius 3 is 2.49 bits per heavy atom. The molecule has 4 aliphatic rings. The molecular formula is C30H36N4O4S. The highest BCUT2D eigenvalue weighted by Gasteiger charge is 2.45. The van der Waals surface area contributed by atoms with Crippen molar-refractivity contribution >= 4 is 38.2 Å². The van der Waals surface area contributed by atoms with Crippen LogP contribution in [-0.4, -0.2) is 50.7 Å². The van der Waals surface area contributed by atoms with Crippen molar-refractivity contribution in [1.82, 2.24) is 9.29 Å². The third-order valence-corrected chi connectivity index (χ3v) is 10.7. The van der Waals surface area contributed by atoms with E-state index in [1.807, 2.05) is 19.1 Å². The molecule has 206 valence electrons. The highest BCUT2D eigenvalue weighted by atomic mass is 32.2. The summed E-state index contributed by atoms with van der Waals surface area (Å²) in [6.45, 7) is 5.19. The second-order valence-electron chi connectivity index (χ2n) is 12.4. The number of carbonyl (C=O) groups is 1. The summed E-state index contributed by atoms with van der Waals surface area (Å²) in [5.74, 6) is 0.528. The van der Waals surface area contributed by atoms with Gasteiger partial charge in [0.1, 0.15) is 0 Å². The van der Waals surface area contributed by atoms with E-state index in [4.69, 9.17) is 4.74 Å². The highest BCUT2D eigenvalue weighted by Crippen LogP contribution is 2.54. The van der Waals surface area contributed by atoms with Crippen LogP contribution in [-0.2, 0) is 21.3 Å². The zero-order chi connectivity index (χ0) is 26.8. The molecule has 0 atom stereocenters. The van der Waals surface area contributed by atoms with E-state index >= 15 is 0 Å². The Hall–Kier alpha value is -2.88. The fraction of sp³-hybridized carbons (Fsp3) is 0.500. The lowest BCUT2D eigenvalue weighted by Gasteiger charge is -2.38. The van der Waals surface area contributed by atoms with Gasteiger partial charge in [-0.1, -0.05) is 6.07 Å². The number of carbonyl (C=O) groups excluding carboxylic acids is 1. The van der Waals surface area contributed by atoms with Gasteiger partial charge in [0.25, 0.3) is 5.91 Å². The van der Waals surface area contributed by atoms with E-state index in [0.29, 0.717) is 29.9 Å². The number of hydrogen-bond donors (Lipinski definition) is 2. The van der Waals surface area contributed by atoms with Crippen molar-refractivity contribution < 1.29 is 17.9 Å². The first kappa shape index (κ1) is 25.1. The van der Waals surface area contributed by atoms with Crippen LogP contribution in [0.5, 0.6) is 0 Å². The Morgan fingerprint density at radius 1 is 1.05 bits per heavy atom. The average molecular weight is 549 g/mol. The molecule has 1 aromatic heterocycles. The molecule has 1 spiro atoms. The summed E-state index contributed by atoms with van der Waals surface area (Å²) in [6.07, 6.45) is 9.37. The standard InChI is InChI=1S/C30H36N4O4S/c1-29(19-38-20-29)32-39(36,37)22-7-8-24(27(17-22)33-15-12-30(10-11-30)13-16-33)28(35)31-25-3-2-4-26-23(25)9-14-34(26)18-21-5-6-21/h2-4,7-9,14,17,21,32H,5-6,10-13,15-16,18-20H2,1H3,(H,31,35). The molecule has 2 aliphatic carbocycles. The molecule has 8 nitrogen and oxygen atoms in total. The van der Waals surface area contributed by atoms with Crippen molar-refractivity contribution in [3.63, 3.8) is 0 Å². The van der Waals surface area contributed by atoms with E-state index in [1.54, 1.807) is 18.2 Å². The van der Waals surface area contributed by atoms with Gasteiger partial charge in [0.15, 0.2) is 0 Å². The molecule has 0 unspecified atom stereocenters. The van der Waals surface area contributed by atoms with Gasteiger partial charge in [0, 0.05) is 31.2 Å². The first-order chi connectivity index (χ1) is 18.7. The number of amides is 1. The number of ether oxygens (including phenoxy) is 1. The summed E-state index contributed by atoms with van der Waals surface area (Å²) >= 11 is 0. The number of fused-ring (bicyclic) bond motifs is 1. The summed E-state index contributed by atoms with van der Waals surface area (Å²) < 4.78 is 36.9. The van der Waals surface area contributed by atoms with Crippen LogP contribution in [0.2, 0.25) is 0 Å². The monoisotopic (exact) mass is 548 g/mol. The maximum absolute atomic E-state index is 13.8. The molecule has 2 aliphatic heterocycles. The molecule has 0 bridgehead atoms. The number of aromatic nitrogens is 1. The number of benzene rings is 2. The van der Waals surface area contributed by atoms with Gasteiger partial charge in [-0.2, -0.15) is 0 Å². The molecule has 3 heterocycles. The zero-order valence-electron chi connectivity index (χ0n) is 22.4. The average Bonchev–Trinajstić information content (AvgIpc) is 3.83. The molecule has 2 N–H and O–H groups in total. The largest absolute Gasteiger partial charge is 0.377 e. The van der Waals surface area contributed by atoms with Crippen molar-refractivity contribution in [2.45, 2.75) is 62.4 Å². The Labute approximate surface area is 229 Å². The second-order valence-corrected chi connectivity index (χ2v) is 14.1. The van der Waals surface area contributed by atoms with Crippen LogP contribution in [0.1, 0.15) is 55.8 Å². The Kier molecular flexibility index (Phi) is 5.84. The Morgan fingerprint density at radius 2 is 1.82 bits per heavy atom. The van der Waals surface area contributed by atoms with Gasteiger partial charge in [-0.25, -0.2) is 13.1 Å². The van der Waals surface area contributed by atoms with Gasteiger partial charge >= 0.3 is 0 Å². The first-order valence-corrected chi connectivity index (χ1v) is 15.6. The van der Waals surface area contributed by atoms with Crippen molar-refractivity contribution in [2.75, 3.05) is 36.5 Å². The third-order valence-electron chi connectivity index (χ3n) is 9.08. The number of nitrogens with one attached hydrogen (secondary N) is 2. The number of rotatable bonds is 8. The van der Waals surface area contributed by atoms with Gasteiger partial charge in [-0.05, 0) is 93.2 Å². The fourth-order valence-electron chi connectivity index (χ4n) is 6.14. The number of hydrogen-bond acceptors (Lipinski definition) is 5. The minimum Gasteiger partial charge on any atom is -0.377 e. The Bertz CT molecular complexity index is 1540.